The largest absolute Gasteiger partial charge is 0.522 e. The summed E-state index contributed by atoms with van der Waals surface area (Å²) in [5.41, 5.74) is 1.13. The maximum Gasteiger partial charge on any atom is 0.522 e. The fourth-order valence-corrected chi connectivity index (χ4v) is 3.26. The molecule has 0 radical (unpaired) electrons. The van der Waals surface area contributed by atoms with E-state index in [1.165, 1.54) is 0 Å². The average molecular weight is 337 g/mol. The Hall–Kier alpha value is -0.690. The molecule has 0 aromatic carbocycles. The molecule has 126 valence electrons. The van der Waals surface area contributed by atoms with Crippen LogP contribution < -0.4 is 0 Å². The molecule has 0 N–H and O–H groups in total. The Morgan fingerprint density at radius 1 is 1.32 bits per heavy atom. The summed E-state index contributed by atoms with van der Waals surface area (Å²) >= 11 is 1.74. The van der Waals surface area contributed by atoms with Gasteiger partial charge in [0.15, 0.2) is 0 Å². The van der Waals surface area contributed by atoms with Crippen molar-refractivity contribution >= 4 is 17.7 Å². The van der Waals surface area contributed by atoms with Crippen molar-refractivity contribution in [3.63, 3.8) is 0 Å². The normalized spacial score (nSPS) is 30.7. The highest BCUT2D eigenvalue weighted by Gasteiger charge is 2.35. The lowest BCUT2D eigenvalue weighted by Crippen LogP contribution is -2.29. The Bertz CT molecular complexity index is 429. The van der Waals surface area contributed by atoms with Crippen molar-refractivity contribution in [2.24, 2.45) is 10.9 Å². The van der Waals surface area contributed by atoms with Crippen LogP contribution in [0.3, 0.4) is 0 Å². The van der Waals surface area contributed by atoms with Gasteiger partial charge in [-0.3, -0.25) is 9.73 Å². The lowest BCUT2D eigenvalue weighted by molar-refractivity contribution is -0.345. The van der Waals surface area contributed by atoms with E-state index in [-0.39, 0.29) is 5.92 Å². The maximum atomic E-state index is 12.2. The lowest BCUT2D eigenvalue weighted by Gasteiger charge is -2.29. The van der Waals surface area contributed by atoms with Gasteiger partial charge in [-0.05, 0) is 50.9 Å². The van der Waals surface area contributed by atoms with Gasteiger partial charge in [-0.25, -0.2) is 0 Å². The molecular formula is C15H22F3NO2S. The number of ether oxygens (including phenoxy) is 2. The summed E-state index contributed by atoms with van der Waals surface area (Å²) in [4.78, 5) is 4.40. The number of hydrogen-bond acceptors (Lipinski definition) is 4. The summed E-state index contributed by atoms with van der Waals surface area (Å²) < 4.78 is 46.3. The highest BCUT2D eigenvalue weighted by molar-refractivity contribution is 7.99. The van der Waals surface area contributed by atoms with E-state index in [9.17, 15) is 13.2 Å². The molecular weight excluding hydrogens is 315 g/mol. The average Bonchev–Trinajstić information content (AvgIpc) is 2.47. The summed E-state index contributed by atoms with van der Waals surface area (Å²) in [7, 11) is 0. The second-order valence-corrected chi connectivity index (χ2v) is 6.91. The second-order valence-electron chi connectivity index (χ2n) is 5.77. The van der Waals surface area contributed by atoms with Crippen LogP contribution in [0.15, 0.2) is 16.6 Å². The number of allylic oxidation sites excluding steroid dienone is 1. The van der Waals surface area contributed by atoms with Gasteiger partial charge in [0.2, 0.25) is 5.90 Å². The molecule has 22 heavy (non-hydrogen) atoms. The van der Waals surface area contributed by atoms with E-state index in [0.29, 0.717) is 43.4 Å². The van der Waals surface area contributed by atoms with Gasteiger partial charge >= 0.3 is 6.36 Å². The molecule has 2 aliphatic rings. The first kappa shape index (κ1) is 17.7. The van der Waals surface area contributed by atoms with E-state index in [0.717, 1.165) is 12.1 Å². The molecule has 0 saturated heterocycles. The molecule has 1 unspecified atom stereocenters. The summed E-state index contributed by atoms with van der Waals surface area (Å²) in [6.45, 7) is 3.42. The second kappa shape index (κ2) is 7.73. The summed E-state index contributed by atoms with van der Waals surface area (Å²) in [6, 6.07) is 0. The third-order valence-corrected chi connectivity index (χ3v) is 5.12. The number of nitrogens with zero attached hydrogens (tertiary/aromatic N) is 1. The molecule has 0 aromatic heterocycles. The zero-order valence-corrected chi connectivity index (χ0v) is 13.7. The Morgan fingerprint density at radius 2 is 2.00 bits per heavy atom. The predicted molar refractivity (Wildman–Crippen MR) is 82.2 cm³/mol. The molecule has 0 aromatic rings. The number of rotatable bonds is 4. The highest BCUT2D eigenvalue weighted by Crippen LogP contribution is 2.34. The van der Waals surface area contributed by atoms with Crippen molar-refractivity contribution < 1.29 is 22.6 Å². The number of hydrogen-bond donors (Lipinski definition) is 0. The van der Waals surface area contributed by atoms with Crippen LogP contribution in [0.1, 0.15) is 32.6 Å². The standard InChI is InChI=1S/C15H22F3NO2S/c1-10(7-14-19-8-13(22-2)9-20-14)11-3-5-12(6-4-11)21-15(16,17)18/h7,11-13H,3-6,8-9H2,1-2H3/b10-7+. The van der Waals surface area contributed by atoms with E-state index in [4.69, 9.17) is 4.74 Å². The molecule has 7 heteroatoms. The SMILES string of the molecule is CSC1CN=C(/C=C(\C)C2CCC(OC(F)(F)F)CC2)OC1. The minimum atomic E-state index is -4.53. The van der Waals surface area contributed by atoms with Gasteiger partial charge in [0.05, 0.1) is 17.9 Å². The van der Waals surface area contributed by atoms with Crippen molar-refractivity contribution in [1.29, 1.82) is 0 Å². The monoisotopic (exact) mass is 337 g/mol. The van der Waals surface area contributed by atoms with Gasteiger partial charge in [0, 0.05) is 0 Å². The Kier molecular flexibility index (Phi) is 6.20. The third kappa shape index (κ3) is 5.50. The molecule has 0 bridgehead atoms. The minimum Gasteiger partial charge on any atom is -0.477 e. The van der Waals surface area contributed by atoms with Gasteiger partial charge in [-0.15, -0.1) is 13.2 Å². The summed E-state index contributed by atoms with van der Waals surface area (Å²) in [5, 5.41) is 0.410. The first-order valence-corrected chi connectivity index (χ1v) is 8.79. The van der Waals surface area contributed by atoms with Crippen LogP contribution in [0.4, 0.5) is 13.2 Å². The Labute approximate surface area is 133 Å². The molecule has 1 aliphatic carbocycles. The van der Waals surface area contributed by atoms with Crippen molar-refractivity contribution in [2.45, 2.75) is 50.3 Å². The molecule has 1 aliphatic heterocycles. The van der Waals surface area contributed by atoms with Crippen LogP contribution >= 0.6 is 11.8 Å². The molecule has 1 saturated carbocycles. The first-order valence-electron chi connectivity index (χ1n) is 7.50. The Balaban J connectivity index is 1.83. The van der Waals surface area contributed by atoms with Crippen LogP contribution in [0.2, 0.25) is 0 Å². The van der Waals surface area contributed by atoms with E-state index in [1.54, 1.807) is 11.8 Å². The van der Waals surface area contributed by atoms with Gasteiger partial charge in [0.1, 0.15) is 6.61 Å². The smallest absolute Gasteiger partial charge is 0.477 e. The predicted octanol–water partition coefficient (Wildman–Crippen LogP) is 4.19. The molecule has 1 heterocycles. The zero-order valence-electron chi connectivity index (χ0n) is 12.9. The van der Waals surface area contributed by atoms with Crippen LogP contribution in [0.25, 0.3) is 0 Å². The summed E-state index contributed by atoms with van der Waals surface area (Å²) in [5.74, 6) is 0.939. The van der Waals surface area contributed by atoms with Crippen LogP contribution in [-0.2, 0) is 9.47 Å². The molecule has 0 spiro atoms. The van der Waals surface area contributed by atoms with E-state index in [2.05, 4.69) is 9.73 Å². The van der Waals surface area contributed by atoms with E-state index in [1.807, 2.05) is 19.3 Å². The van der Waals surface area contributed by atoms with Crippen molar-refractivity contribution in [3.05, 3.63) is 11.6 Å². The molecule has 1 atom stereocenters. The maximum absolute atomic E-state index is 12.2. The number of alkyl halides is 3. The van der Waals surface area contributed by atoms with Gasteiger partial charge in [-0.2, -0.15) is 11.8 Å². The van der Waals surface area contributed by atoms with E-state index >= 15 is 0 Å². The van der Waals surface area contributed by atoms with Gasteiger partial charge in [0.25, 0.3) is 0 Å². The van der Waals surface area contributed by atoms with Gasteiger partial charge in [-0.1, -0.05) is 5.57 Å². The van der Waals surface area contributed by atoms with Crippen LogP contribution in [0, 0.1) is 5.92 Å². The van der Waals surface area contributed by atoms with Gasteiger partial charge < -0.3 is 4.74 Å². The van der Waals surface area contributed by atoms with Crippen molar-refractivity contribution in [1.82, 2.24) is 0 Å². The zero-order chi connectivity index (χ0) is 16.2. The fourth-order valence-electron chi connectivity index (χ4n) is 2.84. The topological polar surface area (TPSA) is 30.8 Å². The third-order valence-electron chi connectivity index (χ3n) is 4.17. The number of halogens is 3. The van der Waals surface area contributed by atoms with Crippen LogP contribution in [-0.4, -0.2) is 43.0 Å². The van der Waals surface area contributed by atoms with Crippen LogP contribution in [0.5, 0.6) is 0 Å². The summed E-state index contributed by atoms with van der Waals surface area (Å²) in [6.07, 6.45) is 1.06. The van der Waals surface area contributed by atoms with Crippen molar-refractivity contribution in [3.8, 4) is 0 Å². The molecule has 0 amide bonds. The fraction of sp³-hybridized carbons (Fsp3) is 0.800. The highest BCUT2D eigenvalue weighted by atomic mass is 32.2. The molecule has 2 rings (SSSR count). The molecule has 1 fully saturated rings. The quantitative estimate of drug-likeness (QED) is 0.771. The number of thioether (sulfide) groups is 1. The first-order chi connectivity index (χ1) is 10.4. The van der Waals surface area contributed by atoms with E-state index < -0.39 is 12.5 Å². The Morgan fingerprint density at radius 3 is 2.50 bits per heavy atom. The molecule has 3 nitrogen and oxygen atoms in total. The van der Waals surface area contributed by atoms with Crippen molar-refractivity contribution in [2.75, 3.05) is 19.4 Å². The minimum absolute atomic E-state index is 0.289. The number of aliphatic imine (C=N–C) groups is 1. The lowest BCUT2D eigenvalue weighted by atomic mass is 9.83.